The lowest BCUT2D eigenvalue weighted by atomic mass is 10.2. The van der Waals surface area contributed by atoms with Crippen LogP contribution in [0.3, 0.4) is 0 Å². The first kappa shape index (κ1) is 14.8. The van der Waals surface area contributed by atoms with Crippen LogP contribution in [-0.4, -0.2) is 29.5 Å². The Kier molecular flexibility index (Phi) is 5.09. The quantitative estimate of drug-likeness (QED) is 0.847. The summed E-state index contributed by atoms with van der Waals surface area (Å²) >= 11 is 0. The Morgan fingerprint density at radius 3 is 2.71 bits per heavy atom. The predicted molar refractivity (Wildman–Crippen MR) is 80.4 cm³/mol. The van der Waals surface area contributed by atoms with Crippen LogP contribution in [-0.2, 0) is 6.54 Å². The van der Waals surface area contributed by atoms with Gasteiger partial charge in [0, 0.05) is 18.7 Å². The van der Waals surface area contributed by atoms with Gasteiger partial charge in [0.25, 0.3) is 5.91 Å². The summed E-state index contributed by atoms with van der Waals surface area (Å²) in [6, 6.07) is 7.54. The van der Waals surface area contributed by atoms with Crippen molar-refractivity contribution >= 4 is 11.7 Å². The number of rotatable bonds is 6. The third-order valence-electron chi connectivity index (χ3n) is 2.87. The number of para-hydroxylation sites is 1. The molecule has 21 heavy (non-hydrogen) atoms. The molecular weight excluding hydrogens is 268 g/mol. The molecule has 2 rings (SSSR count). The largest absolute Gasteiger partial charge is 0.496 e. The molecule has 0 saturated heterocycles. The van der Waals surface area contributed by atoms with Gasteiger partial charge < -0.3 is 15.4 Å². The highest BCUT2D eigenvalue weighted by molar-refractivity contribution is 5.92. The molecule has 6 heteroatoms. The molecule has 1 heterocycles. The van der Waals surface area contributed by atoms with E-state index >= 15 is 0 Å². The lowest BCUT2D eigenvalue weighted by molar-refractivity contribution is 0.0945. The van der Waals surface area contributed by atoms with Crippen LogP contribution < -0.4 is 15.4 Å². The molecule has 0 fully saturated rings. The Labute approximate surface area is 123 Å². The second-order valence-corrected chi connectivity index (χ2v) is 4.31. The van der Waals surface area contributed by atoms with Crippen molar-refractivity contribution < 1.29 is 9.53 Å². The number of nitrogens with zero attached hydrogens (tertiary/aromatic N) is 2. The lowest BCUT2D eigenvalue weighted by Crippen LogP contribution is -2.24. The van der Waals surface area contributed by atoms with Crippen LogP contribution in [0.25, 0.3) is 0 Å². The monoisotopic (exact) mass is 286 g/mol. The molecule has 0 atom stereocenters. The molecule has 0 unspecified atom stereocenters. The Morgan fingerprint density at radius 2 is 2.05 bits per heavy atom. The van der Waals surface area contributed by atoms with Crippen molar-refractivity contribution in [3.63, 3.8) is 0 Å². The van der Waals surface area contributed by atoms with E-state index < -0.39 is 0 Å². The van der Waals surface area contributed by atoms with Gasteiger partial charge in [0.05, 0.1) is 19.5 Å². The van der Waals surface area contributed by atoms with Crippen LogP contribution >= 0.6 is 0 Å². The smallest absolute Gasteiger partial charge is 0.271 e. The van der Waals surface area contributed by atoms with Gasteiger partial charge in [-0.25, -0.2) is 9.97 Å². The van der Waals surface area contributed by atoms with E-state index in [4.69, 9.17) is 4.74 Å². The number of hydrogen-bond acceptors (Lipinski definition) is 5. The summed E-state index contributed by atoms with van der Waals surface area (Å²) in [6.07, 6.45) is 3.00. The van der Waals surface area contributed by atoms with E-state index in [-0.39, 0.29) is 11.6 Å². The van der Waals surface area contributed by atoms with Gasteiger partial charge in [0.1, 0.15) is 17.3 Å². The van der Waals surface area contributed by atoms with E-state index in [9.17, 15) is 4.79 Å². The summed E-state index contributed by atoms with van der Waals surface area (Å²) in [5, 5.41) is 5.82. The minimum absolute atomic E-state index is 0.267. The molecule has 0 bridgehead atoms. The number of carbonyl (C=O) groups excluding carboxylic acids is 1. The molecule has 0 aliphatic heterocycles. The number of nitrogens with one attached hydrogen (secondary N) is 2. The van der Waals surface area contributed by atoms with Gasteiger partial charge in [0.15, 0.2) is 0 Å². The van der Waals surface area contributed by atoms with Crippen molar-refractivity contribution in [2.45, 2.75) is 13.5 Å². The summed E-state index contributed by atoms with van der Waals surface area (Å²) in [5.41, 5.74) is 1.19. The van der Waals surface area contributed by atoms with Crippen molar-refractivity contribution in [3.05, 3.63) is 47.9 Å². The van der Waals surface area contributed by atoms with Gasteiger partial charge in [-0.3, -0.25) is 4.79 Å². The van der Waals surface area contributed by atoms with Crippen molar-refractivity contribution in [2.75, 3.05) is 19.0 Å². The summed E-state index contributed by atoms with van der Waals surface area (Å²) in [4.78, 5) is 20.2. The zero-order valence-electron chi connectivity index (χ0n) is 12.1. The van der Waals surface area contributed by atoms with Crippen LogP contribution in [0.5, 0.6) is 5.75 Å². The highest BCUT2D eigenvalue weighted by Gasteiger charge is 2.09. The summed E-state index contributed by atoms with van der Waals surface area (Å²) in [5.74, 6) is 1.13. The Morgan fingerprint density at radius 1 is 1.24 bits per heavy atom. The zero-order valence-corrected chi connectivity index (χ0v) is 12.1. The topological polar surface area (TPSA) is 76.1 Å². The molecule has 2 N–H and O–H groups in total. The van der Waals surface area contributed by atoms with Crippen molar-refractivity contribution in [2.24, 2.45) is 0 Å². The Hall–Kier alpha value is -2.63. The van der Waals surface area contributed by atoms with Gasteiger partial charge in [-0.2, -0.15) is 0 Å². The maximum atomic E-state index is 12.0. The third-order valence-corrected chi connectivity index (χ3v) is 2.87. The molecular formula is C15H18N4O2. The molecule has 0 aliphatic rings. The normalized spacial score (nSPS) is 10.0. The van der Waals surface area contributed by atoms with E-state index in [0.717, 1.165) is 17.9 Å². The number of anilines is 1. The number of carbonyl (C=O) groups is 1. The van der Waals surface area contributed by atoms with Crippen molar-refractivity contribution in [1.82, 2.24) is 15.3 Å². The molecule has 6 nitrogen and oxygen atoms in total. The van der Waals surface area contributed by atoms with E-state index in [1.807, 2.05) is 31.2 Å². The number of amides is 1. The number of methoxy groups -OCH3 is 1. The molecule has 0 aliphatic carbocycles. The standard InChI is InChI=1S/C15H18N4O2/c1-3-16-14-10-17-12(9-18-14)15(20)19-8-11-6-4-5-7-13(11)21-2/h4-7,9-10H,3,8H2,1-2H3,(H,16,18)(H,19,20). The fourth-order valence-corrected chi connectivity index (χ4v) is 1.83. The molecule has 0 radical (unpaired) electrons. The highest BCUT2D eigenvalue weighted by Crippen LogP contribution is 2.16. The van der Waals surface area contributed by atoms with Gasteiger partial charge in [-0.15, -0.1) is 0 Å². The summed E-state index contributed by atoms with van der Waals surface area (Å²) < 4.78 is 5.24. The fraction of sp³-hybridized carbons (Fsp3) is 0.267. The second kappa shape index (κ2) is 7.23. The minimum Gasteiger partial charge on any atom is -0.496 e. The molecule has 1 aromatic heterocycles. The average Bonchev–Trinajstić information content (AvgIpc) is 2.54. The van der Waals surface area contributed by atoms with Crippen LogP contribution in [0.1, 0.15) is 23.0 Å². The second-order valence-electron chi connectivity index (χ2n) is 4.31. The molecule has 1 aromatic carbocycles. The molecule has 0 spiro atoms. The van der Waals surface area contributed by atoms with E-state index in [0.29, 0.717) is 12.4 Å². The van der Waals surface area contributed by atoms with Crippen LogP contribution in [0.4, 0.5) is 5.82 Å². The first-order valence-electron chi connectivity index (χ1n) is 6.70. The average molecular weight is 286 g/mol. The molecule has 0 saturated carbocycles. The third kappa shape index (κ3) is 3.92. The first-order chi connectivity index (χ1) is 10.2. The van der Waals surface area contributed by atoms with Crippen molar-refractivity contribution in [1.29, 1.82) is 0 Å². The zero-order chi connectivity index (χ0) is 15.1. The van der Waals surface area contributed by atoms with Crippen LogP contribution in [0.15, 0.2) is 36.7 Å². The van der Waals surface area contributed by atoms with Gasteiger partial charge >= 0.3 is 0 Å². The molecule has 110 valence electrons. The Bertz CT molecular complexity index is 599. The highest BCUT2D eigenvalue weighted by atomic mass is 16.5. The summed E-state index contributed by atoms with van der Waals surface area (Å²) in [7, 11) is 1.60. The SMILES string of the molecule is CCNc1cnc(C(=O)NCc2ccccc2OC)cn1. The molecule has 1 amide bonds. The van der Waals surface area contributed by atoms with Gasteiger partial charge in [-0.05, 0) is 13.0 Å². The van der Waals surface area contributed by atoms with Gasteiger partial charge in [-0.1, -0.05) is 18.2 Å². The van der Waals surface area contributed by atoms with Crippen LogP contribution in [0, 0.1) is 0 Å². The predicted octanol–water partition coefficient (Wildman–Crippen LogP) is 1.85. The number of aromatic nitrogens is 2. The van der Waals surface area contributed by atoms with Crippen LogP contribution in [0.2, 0.25) is 0 Å². The molecule has 2 aromatic rings. The van der Waals surface area contributed by atoms with Crippen molar-refractivity contribution in [3.8, 4) is 5.75 Å². The van der Waals surface area contributed by atoms with E-state index in [1.165, 1.54) is 6.20 Å². The lowest BCUT2D eigenvalue weighted by Gasteiger charge is -2.09. The number of ether oxygens (including phenoxy) is 1. The maximum absolute atomic E-state index is 12.0. The van der Waals surface area contributed by atoms with Gasteiger partial charge in [0.2, 0.25) is 0 Å². The summed E-state index contributed by atoms with van der Waals surface area (Å²) in [6.45, 7) is 3.10. The maximum Gasteiger partial charge on any atom is 0.271 e. The van der Waals surface area contributed by atoms with E-state index in [2.05, 4.69) is 20.6 Å². The minimum atomic E-state index is -0.267. The number of hydrogen-bond donors (Lipinski definition) is 2. The fourth-order valence-electron chi connectivity index (χ4n) is 1.83. The number of benzene rings is 1. The first-order valence-corrected chi connectivity index (χ1v) is 6.70. The van der Waals surface area contributed by atoms with E-state index in [1.54, 1.807) is 13.3 Å². The Balaban J connectivity index is 1.98.